The highest BCUT2D eigenvalue weighted by Crippen LogP contribution is 2.35. The lowest BCUT2D eigenvalue weighted by atomic mass is 10.2. The summed E-state index contributed by atoms with van der Waals surface area (Å²) in [4.78, 5) is 11.2. The standard InChI is InChI=1S/C12H13FO2S/c13-10-7-8(12(14)15)5-6-11(10)16-9-3-1-2-4-9/h5-7,9H,1-4H2,(H,14,15). The summed E-state index contributed by atoms with van der Waals surface area (Å²) < 4.78 is 13.6. The minimum atomic E-state index is -1.09. The maximum atomic E-state index is 13.6. The fourth-order valence-electron chi connectivity index (χ4n) is 1.92. The van der Waals surface area contributed by atoms with Crippen molar-refractivity contribution in [1.82, 2.24) is 0 Å². The fourth-order valence-corrected chi connectivity index (χ4v) is 3.16. The Hall–Kier alpha value is -1.03. The van der Waals surface area contributed by atoms with Gasteiger partial charge < -0.3 is 5.11 Å². The van der Waals surface area contributed by atoms with Gasteiger partial charge >= 0.3 is 5.97 Å². The van der Waals surface area contributed by atoms with E-state index in [9.17, 15) is 9.18 Å². The van der Waals surface area contributed by atoms with Crippen LogP contribution in [0.4, 0.5) is 4.39 Å². The third kappa shape index (κ3) is 2.55. The molecule has 1 N–H and O–H groups in total. The number of carbonyl (C=O) groups is 1. The van der Waals surface area contributed by atoms with E-state index in [0.29, 0.717) is 10.1 Å². The van der Waals surface area contributed by atoms with Crippen molar-refractivity contribution >= 4 is 17.7 Å². The maximum absolute atomic E-state index is 13.6. The molecule has 1 saturated carbocycles. The van der Waals surface area contributed by atoms with Crippen LogP contribution in [0.3, 0.4) is 0 Å². The summed E-state index contributed by atoms with van der Waals surface area (Å²) in [6, 6.07) is 4.13. The van der Waals surface area contributed by atoms with E-state index in [4.69, 9.17) is 5.11 Å². The summed E-state index contributed by atoms with van der Waals surface area (Å²) in [6.45, 7) is 0. The van der Waals surface area contributed by atoms with Gasteiger partial charge in [-0.15, -0.1) is 11.8 Å². The van der Waals surface area contributed by atoms with E-state index in [1.54, 1.807) is 6.07 Å². The molecule has 0 atom stereocenters. The molecule has 4 heteroatoms. The molecular weight excluding hydrogens is 227 g/mol. The van der Waals surface area contributed by atoms with E-state index < -0.39 is 11.8 Å². The molecule has 0 spiro atoms. The lowest BCUT2D eigenvalue weighted by molar-refractivity contribution is 0.0696. The second-order valence-corrected chi connectivity index (χ2v) is 5.32. The van der Waals surface area contributed by atoms with Crippen molar-refractivity contribution in [1.29, 1.82) is 0 Å². The molecule has 86 valence electrons. The summed E-state index contributed by atoms with van der Waals surface area (Å²) in [5.41, 5.74) is 0.00766. The van der Waals surface area contributed by atoms with Crippen molar-refractivity contribution in [3.63, 3.8) is 0 Å². The van der Waals surface area contributed by atoms with Gasteiger partial charge in [0.05, 0.1) is 5.56 Å². The zero-order chi connectivity index (χ0) is 11.5. The molecular formula is C12H13FO2S. The Balaban J connectivity index is 2.12. The molecule has 1 fully saturated rings. The number of halogens is 1. The summed E-state index contributed by atoms with van der Waals surface area (Å²) in [6.07, 6.45) is 4.69. The molecule has 1 aromatic carbocycles. The Morgan fingerprint density at radius 1 is 1.38 bits per heavy atom. The van der Waals surface area contributed by atoms with Crippen LogP contribution in [-0.4, -0.2) is 16.3 Å². The van der Waals surface area contributed by atoms with Crippen LogP contribution in [0.15, 0.2) is 23.1 Å². The molecule has 1 aliphatic rings. The normalized spacial score (nSPS) is 16.6. The van der Waals surface area contributed by atoms with Crippen LogP contribution in [0.5, 0.6) is 0 Å². The predicted molar refractivity (Wildman–Crippen MR) is 61.5 cm³/mol. The van der Waals surface area contributed by atoms with Crippen LogP contribution in [-0.2, 0) is 0 Å². The first-order valence-electron chi connectivity index (χ1n) is 5.36. The summed E-state index contributed by atoms with van der Waals surface area (Å²) >= 11 is 1.53. The Kier molecular flexibility index (Phi) is 3.49. The van der Waals surface area contributed by atoms with Crippen molar-refractivity contribution in [2.45, 2.75) is 35.8 Å². The predicted octanol–water partition coefficient (Wildman–Crippen LogP) is 3.56. The van der Waals surface area contributed by atoms with Crippen molar-refractivity contribution in [3.05, 3.63) is 29.6 Å². The van der Waals surface area contributed by atoms with E-state index >= 15 is 0 Å². The Morgan fingerprint density at radius 2 is 2.06 bits per heavy atom. The second kappa shape index (κ2) is 4.87. The molecule has 2 nitrogen and oxygen atoms in total. The Labute approximate surface area is 97.9 Å². The lowest BCUT2D eigenvalue weighted by Crippen LogP contribution is -1.99. The van der Waals surface area contributed by atoms with Crippen LogP contribution in [0.1, 0.15) is 36.0 Å². The smallest absolute Gasteiger partial charge is 0.335 e. The van der Waals surface area contributed by atoms with Gasteiger partial charge in [0.15, 0.2) is 0 Å². The van der Waals surface area contributed by atoms with Crippen molar-refractivity contribution in [2.75, 3.05) is 0 Å². The SMILES string of the molecule is O=C(O)c1ccc(SC2CCCC2)c(F)c1. The minimum absolute atomic E-state index is 0.00766. The fraction of sp³-hybridized carbons (Fsp3) is 0.417. The largest absolute Gasteiger partial charge is 0.478 e. The van der Waals surface area contributed by atoms with Gasteiger partial charge in [0.25, 0.3) is 0 Å². The summed E-state index contributed by atoms with van der Waals surface area (Å²) in [5.74, 6) is -1.51. The maximum Gasteiger partial charge on any atom is 0.335 e. The number of hydrogen-bond acceptors (Lipinski definition) is 2. The van der Waals surface area contributed by atoms with E-state index in [2.05, 4.69) is 0 Å². The molecule has 2 rings (SSSR count). The molecule has 0 aromatic heterocycles. The van der Waals surface area contributed by atoms with Gasteiger partial charge in [0.1, 0.15) is 5.82 Å². The minimum Gasteiger partial charge on any atom is -0.478 e. The molecule has 1 aromatic rings. The van der Waals surface area contributed by atoms with Crippen molar-refractivity contribution < 1.29 is 14.3 Å². The first-order chi connectivity index (χ1) is 7.66. The van der Waals surface area contributed by atoms with E-state index in [-0.39, 0.29) is 5.56 Å². The van der Waals surface area contributed by atoms with E-state index in [0.717, 1.165) is 18.9 Å². The highest BCUT2D eigenvalue weighted by molar-refractivity contribution is 8.00. The molecule has 0 saturated heterocycles. The molecule has 1 aliphatic carbocycles. The van der Waals surface area contributed by atoms with Gasteiger partial charge in [-0.05, 0) is 31.0 Å². The average molecular weight is 240 g/mol. The van der Waals surface area contributed by atoms with Gasteiger partial charge in [0, 0.05) is 10.1 Å². The number of carboxylic acids is 1. The van der Waals surface area contributed by atoms with Crippen LogP contribution < -0.4 is 0 Å². The summed E-state index contributed by atoms with van der Waals surface area (Å²) in [7, 11) is 0. The monoisotopic (exact) mass is 240 g/mol. The molecule has 0 aliphatic heterocycles. The number of rotatable bonds is 3. The first-order valence-corrected chi connectivity index (χ1v) is 6.24. The van der Waals surface area contributed by atoms with Crippen molar-refractivity contribution in [3.8, 4) is 0 Å². The van der Waals surface area contributed by atoms with Crippen molar-refractivity contribution in [2.24, 2.45) is 0 Å². The topological polar surface area (TPSA) is 37.3 Å². The highest BCUT2D eigenvalue weighted by Gasteiger charge is 2.18. The van der Waals surface area contributed by atoms with E-state index in [1.807, 2.05) is 0 Å². The Bertz CT molecular complexity index is 400. The third-order valence-corrected chi connectivity index (χ3v) is 4.16. The highest BCUT2D eigenvalue weighted by atomic mass is 32.2. The molecule has 0 radical (unpaired) electrons. The van der Waals surface area contributed by atoms with Gasteiger partial charge in [-0.1, -0.05) is 12.8 Å². The van der Waals surface area contributed by atoms with E-state index in [1.165, 1.54) is 30.7 Å². The van der Waals surface area contributed by atoms with Gasteiger partial charge in [-0.3, -0.25) is 0 Å². The lowest BCUT2D eigenvalue weighted by Gasteiger charge is -2.09. The summed E-state index contributed by atoms with van der Waals surface area (Å²) in [5, 5.41) is 9.20. The van der Waals surface area contributed by atoms with Crippen LogP contribution in [0, 0.1) is 5.82 Å². The molecule has 0 amide bonds. The number of carboxylic acid groups (broad SMARTS) is 1. The van der Waals surface area contributed by atoms with Crippen LogP contribution >= 0.6 is 11.8 Å². The van der Waals surface area contributed by atoms with Crippen LogP contribution in [0.2, 0.25) is 0 Å². The number of aromatic carboxylic acids is 1. The molecule has 0 bridgehead atoms. The van der Waals surface area contributed by atoms with Crippen LogP contribution in [0.25, 0.3) is 0 Å². The number of benzene rings is 1. The zero-order valence-corrected chi connectivity index (χ0v) is 9.60. The number of hydrogen-bond donors (Lipinski definition) is 1. The Morgan fingerprint density at radius 3 is 2.62 bits per heavy atom. The number of thioether (sulfide) groups is 1. The molecule has 16 heavy (non-hydrogen) atoms. The second-order valence-electron chi connectivity index (χ2n) is 3.97. The zero-order valence-electron chi connectivity index (χ0n) is 8.78. The molecule has 0 unspecified atom stereocenters. The first kappa shape index (κ1) is 11.5. The average Bonchev–Trinajstić information content (AvgIpc) is 2.73. The third-order valence-electron chi connectivity index (χ3n) is 2.77. The quantitative estimate of drug-likeness (QED) is 0.877. The van der Waals surface area contributed by atoms with Gasteiger partial charge in [0.2, 0.25) is 0 Å². The van der Waals surface area contributed by atoms with Gasteiger partial charge in [-0.25, -0.2) is 9.18 Å². The van der Waals surface area contributed by atoms with Gasteiger partial charge in [-0.2, -0.15) is 0 Å². The molecule has 0 heterocycles.